The Kier molecular flexibility index (Phi) is 4.87. The highest BCUT2D eigenvalue weighted by Gasteiger charge is 2.66. The number of H-pyrrole nitrogens is 1. The molecule has 2 fully saturated rings. The monoisotopic (exact) mass is 426 g/mol. The van der Waals surface area contributed by atoms with Crippen LogP contribution in [0.1, 0.15) is 17.4 Å². The van der Waals surface area contributed by atoms with Gasteiger partial charge in [0.25, 0.3) is 5.56 Å². The highest BCUT2D eigenvalue weighted by Crippen LogP contribution is 2.64. The third-order valence-electron chi connectivity index (χ3n) is 5.00. The van der Waals surface area contributed by atoms with Gasteiger partial charge in [0.2, 0.25) is 0 Å². The van der Waals surface area contributed by atoms with Crippen molar-refractivity contribution in [2.45, 2.75) is 37.0 Å². The van der Waals surface area contributed by atoms with Gasteiger partial charge in [-0.25, -0.2) is 4.79 Å². The van der Waals surface area contributed by atoms with Gasteiger partial charge in [-0.1, -0.05) is 30.3 Å². The van der Waals surface area contributed by atoms with E-state index in [2.05, 4.69) is 4.98 Å². The summed E-state index contributed by atoms with van der Waals surface area (Å²) in [6.07, 6.45) is -3.15. The van der Waals surface area contributed by atoms with Crippen molar-refractivity contribution < 1.29 is 33.7 Å². The summed E-state index contributed by atoms with van der Waals surface area (Å²) in [5.74, 6) is 0. The van der Waals surface area contributed by atoms with Crippen LogP contribution >= 0.6 is 7.60 Å². The van der Waals surface area contributed by atoms with Crippen molar-refractivity contribution in [2.75, 3.05) is 6.61 Å². The number of hydrogen-bond donors (Lipinski definition) is 4. The molecule has 0 amide bonds. The third kappa shape index (κ3) is 3.11. The Hall–Kier alpha value is -2.11. The van der Waals surface area contributed by atoms with Crippen molar-refractivity contribution >= 4 is 7.60 Å². The Balaban J connectivity index is 1.82. The minimum atomic E-state index is -5.03. The van der Waals surface area contributed by atoms with Crippen molar-refractivity contribution in [1.29, 1.82) is 0 Å². The lowest BCUT2D eigenvalue weighted by atomic mass is 10.1. The van der Waals surface area contributed by atoms with Gasteiger partial charge in [0.05, 0.1) is 6.61 Å². The number of ether oxygens (including phenoxy) is 3. The van der Waals surface area contributed by atoms with Crippen molar-refractivity contribution in [3.8, 4) is 0 Å². The number of nitrogens with one attached hydrogen (secondary N) is 1. The van der Waals surface area contributed by atoms with E-state index in [-0.39, 0.29) is 11.1 Å². The van der Waals surface area contributed by atoms with Crippen LogP contribution in [0.4, 0.5) is 0 Å². The fraction of sp³-hybridized carbons (Fsp3) is 0.412. The highest BCUT2D eigenvalue weighted by atomic mass is 31.2. The molecule has 2 aliphatic heterocycles. The molecule has 5 atom stereocenters. The summed E-state index contributed by atoms with van der Waals surface area (Å²) in [6.45, 7) is 0.949. The normalized spacial score (nSPS) is 31.7. The summed E-state index contributed by atoms with van der Waals surface area (Å²) in [7, 11) is -5.03. The lowest BCUT2D eigenvalue weighted by Crippen LogP contribution is -2.38. The molecule has 12 heteroatoms. The average molecular weight is 426 g/mol. The molecule has 3 heterocycles. The number of aryl methyl sites for hydroxylation is 1. The molecule has 0 aliphatic carbocycles. The van der Waals surface area contributed by atoms with Crippen LogP contribution in [0.25, 0.3) is 0 Å². The molecule has 2 unspecified atom stereocenters. The molecule has 0 bridgehead atoms. The first-order chi connectivity index (χ1) is 13.7. The van der Waals surface area contributed by atoms with Crippen molar-refractivity contribution in [3.05, 3.63) is 68.5 Å². The fourth-order valence-corrected chi connectivity index (χ4v) is 4.61. The van der Waals surface area contributed by atoms with Crippen LogP contribution in [0, 0.1) is 6.92 Å². The Morgan fingerprint density at radius 1 is 1.17 bits per heavy atom. The van der Waals surface area contributed by atoms with E-state index in [0.29, 0.717) is 0 Å². The molecular weight excluding hydrogens is 407 g/mol. The van der Waals surface area contributed by atoms with Gasteiger partial charge in [-0.05, 0) is 6.92 Å². The first kappa shape index (κ1) is 20.2. The summed E-state index contributed by atoms with van der Waals surface area (Å²) in [4.78, 5) is 46.2. The predicted octanol–water partition coefficient (Wildman–Crippen LogP) is -0.493. The van der Waals surface area contributed by atoms with E-state index in [0.717, 1.165) is 4.57 Å². The van der Waals surface area contributed by atoms with Crippen LogP contribution in [0.3, 0.4) is 0 Å². The number of rotatable bonds is 4. The van der Waals surface area contributed by atoms with Crippen LogP contribution in [0.15, 0.2) is 46.1 Å². The van der Waals surface area contributed by atoms with E-state index in [1.54, 1.807) is 18.2 Å². The number of aromatic nitrogens is 2. The minimum absolute atomic E-state index is 0.0863. The topological polar surface area (TPSA) is 160 Å². The Morgan fingerprint density at radius 3 is 2.45 bits per heavy atom. The Labute approximate surface area is 163 Å². The minimum Gasteiger partial charge on any atom is -0.394 e. The fourth-order valence-electron chi connectivity index (χ4n) is 3.61. The summed E-state index contributed by atoms with van der Waals surface area (Å²) < 4.78 is 30.6. The second-order valence-corrected chi connectivity index (χ2v) is 8.56. The molecule has 2 aromatic rings. The van der Waals surface area contributed by atoms with Crippen LogP contribution in [0.2, 0.25) is 0 Å². The second kappa shape index (κ2) is 6.99. The predicted molar refractivity (Wildman–Crippen MR) is 97.0 cm³/mol. The lowest BCUT2D eigenvalue weighted by Gasteiger charge is -2.31. The zero-order valence-electron chi connectivity index (χ0n) is 15.2. The molecule has 2 aliphatic rings. The average Bonchev–Trinajstić information content (AvgIpc) is 3.22. The standard InChI is InChI=1S/C17H19N2O9P/c1-9-7-19(16(22)18-14(9)21)15-13-12(11(8-20)26-15)27-17(28-13,29(23,24)25)10-5-3-2-4-6-10/h2-7,11-13,15,20H,8H2,1H3,(H,18,21,22)(H2,23,24,25)/t11-,12-,13?,15-,17?/m1/s1. The number of hydrogen-bond acceptors (Lipinski definition) is 7. The number of nitrogens with zero attached hydrogens (tertiary/aromatic N) is 1. The molecule has 0 spiro atoms. The summed E-state index contributed by atoms with van der Waals surface area (Å²) in [5.41, 5.74) is -3.47. The summed E-state index contributed by atoms with van der Waals surface area (Å²) >= 11 is 0. The Morgan fingerprint density at radius 2 is 1.83 bits per heavy atom. The van der Waals surface area contributed by atoms with Gasteiger partial charge in [0.1, 0.15) is 18.3 Å². The van der Waals surface area contributed by atoms with Gasteiger partial charge in [0, 0.05) is 17.3 Å². The summed E-state index contributed by atoms with van der Waals surface area (Å²) in [6, 6.07) is 7.69. The van der Waals surface area contributed by atoms with E-state index in [9.17, 15) is 29.0 Å². The van der Waals surface area contributed by atoms with Gasteiger partial charge in [-0.2, -0.15) is 0 Å². The number of aliphatic hydroxyl groups excluding tert-OH is 1. The van der Waals surface area contributed by atoms with Crippen LogP contribution in [-0.2, 0) is 24.3 Å². The Bertz CT molecular complexity index is 1080. The summed E-state index contributed by atoms with van der Waals surface area (Å²) in [5, 5.41) is 9.69. The zero-order chi connectivity index (χ0) is 21.0. The van der Waals surface area contributed by atoms with Crippen LogP contribution < -0.4 is 11.2 Å². The van der Waals surface area contributed by atoms with Crippen LogP contribution in [-0.4, -0.2) is 49.4 Å². The molecule has 2 saturated heterocycles. The molecule has 4 N–H and O–H groups in total. The van der Waals surface area contributed by atoms with Gasteiger partial charge in [0.15, 0.2) is 6.23 Å². The number of fused-ring (bicyclic) bond motifs is 1. The maximum Gasteiger partial charge on any atom is 0.389 e. The SMILES string of the molecule is Cc1cn([C@@H]2O[C@H](CO)[C@H]3OC(c4ccccc4)(P(=O)(O)O)OC23)c(=O)[nH]c1=O. The van der Waals surface area contributed by atoms with Gasteiger partial charge < -0.3 is 29.1 Å². The van der Waals surface area contributed by atoms with Gasteiger partial charge in [-0.3, -0.25) is 18.9 Å². The maximum atomic E-state index is 12.4. The zero-order valence-corrected chi connectivity index (χ0v) is 16.1. The van der Waals surface area contributed by atoms with Crippen molar-refractivity contribution in [2.24, 2.45) is 0 Å². The molecule has 11 nitrogen and oxygen atoms in total. The number of benzene rings is 1. The number of aliphatic hydroxyl groups is 1. The molecule has 0 radical (unpaired) electrons. The van der Waals surface area contributed by atoms with Crippen molar-refractivity contribution in [1.82, 2.24) is 9.55 Å². The molecule has 156 valence electrons. The van der Waals surface area contributed by atoms with Crippen molar-refractivity contribution in [3.63, 3.8) is 0 Å². The smallest absolute Gasteiger partial charge is 0.389 e. The highest BCUT2D eigenvalue weighted by molar-refractivity contribution is 7.52. The van der Waals surface area contributed by atoms with E-state index in [1.165, 1.54) is 25.3 Å². The molecular formula is C17H19N2O9P. The molecule has 29 heavy (non-hydrogen) atoms. The first-order valence-corrected chi connectivity index (χ1v) is 10.3. The number of aromatic amines is 1. The first-order valence-electron chi connectivity index (χ1n) is 8.73. The second-order valence-electron chi connectivity index (χ2n) is 6.88. The van der Waals surface area contributed by atoms with Crippen LogP contribution in [0.5, 0.6) is 0 Å². The van der Waals surface area contributed by atoms with Gasteiger partial charge >= 0.3 is 18.8 Å². The van der Waals surface area contributed by atoms with E-state index < -0.39 is 55.5 Å². The maximum absolute atomic E-state index is 12.4. The van der Waals surface area contributed by atoms with E-state index in [4.69, 9.17) is 14.2 Å². The quantitative estimate of drug-likeness (QED) is 0.473. The largest absolute Gasteiger partial charge is 0.394 e. The van der Waals surface area contributed by atoms with E-state index in [1.807, 2.05) is 0 Å². The lowest BCUT2D eigenvalue weighted by molar-refractivity contribution is -0.189. The molecule has 0 saturated carbocycles. The molecule has 1 aromatic carbocycles. The third-order valence-corrected chi connectivity index (χ3v) is 6.24. The van der Waals surface area contributed by atoms with E-state index >= 15 is 0 Å². The molecule has 1 aromatic heterocycles. The molecule has 4 rings (SSSR count). The van der Waals surface area contributed by atoms with Gasteiger partial charge in [-0.15, -0.1) is 0 Å².